The normalized spacial score (nSPS) is 18.4. The Hall–Kier alpha value is -3.89. The van der Waals surface area contributed by atoms with Crippen LogP contribution in [0.3, 0.4) is 0 Å². The number of nitrogens with zero attached hydrogens (tertiary/aromatic N) is 5. The molecule has 160 valence electrons. The van der Waals surface area contributed by atoms with Crippen molar-refractivity contribution in [2.45, 2.75) is 44.7 Å². The summed E-state index contributed by atoms with van der Waals surface area (Å²) in [5.74, 6) is 0.899. The molecule has 0 aliphatic heterocycles. The van der Waals surface area contributed by atoms with Crippen LogP contribution in [0, 0.1) is 10.1 Å². The number of benzene rings is 1. The molecule has 1 amide bonds. The number of nitrogens with one attached hydrogen (secondary N) is 3. The van der Waals surface area contributed by atoms with Crippen molar-refractivity contribution >= 4 is 40.1 Å². The second-order valence-electron chi connectivity index (χ2n) is 7.48. The topological polar surface area (TPSA) is 148 Å². The Morgan fingerprint density at radius 1 is 1.13 bits per heavy atom. The summed E-state index contributed by atoms with van der Waals surface area (Å²) >= 11 is 0. The highest BCUT2D eigenvalue weighted by Crippen LogP contribution is 2.26. The fourth-order valence-electron chi connectivity index (χ4n) is 3.70. The minimum Gasteiger partial charge on any atom is -0.354 e. The van der Waals surface area contributed by atoms with Gasteiger partial charge in [0, 0.05) is 36.8 Å². The lowest BCUT2D eigenvalue weighted by Crippen LogP contribution is -2.39. The standard InChI is InChI=1S/C20H22N8O3/c1-12(29)24-13-5-7-14(8-6-13)26-20-21-10-17-18(27-20)19(23-11-22-17)25-15-3-2-4-16(9-15)28(30)31/h2-4,9-11,13-14H,5-8H2,1H3,(H,24,29)(H,21,26,27)(H,22,23,25)/t13-,14-. The number of aromatic nitrogens is 4. The SMILES string of the molecule is CC(=O)N[C@H]1CC[C@H](Nc2ncc3ncnc(Nc4cccc([N+](=O)[O-])c4)c3n2)CC1. The van der Waals surface area contributed by atoms with Crippen LogP contribution in [0.2, 0.25) is 0 Å². The molecule has 1 fully saturated rings. The number of non-ortho nitro benzene ring substituents is 1. The Balaban J connectivity index is 1.50. The first kappa shape index (κ1) is 20.4. The molecule has 4 rings (SSSR count). The van der Waals surface area contributed by atoms with Gasteiger partial charge in [0.05, 0.1) is 11.1 Å². The molecule has 2 heterocycles. The lowest BCUT2D eigenvalue weighted by Gasteiger charge is -2.29. The highest BCUT2D eigenvalue weighted by molar-refractivity contribution is 5.87. The van der Waals surface area contributed by atoms with Gasteiger partial charge in [-0.15, -0.1) is 0 Å². The molecule has 0 saturated heterocycles. The monoisotopic (exact) mass is 422 g/mol. The molecule has 1 aliphatic rings. The maximum Gasteiger partial charge on any atom is 0.271 e. The van der Waals surface area contributed by atoms with E-state index < -0.39 is 4.92 Å². The molecule has 11 nitrogen and oxygen atoms in total. The zero-order chi connectivity index (χ0) is 21.8. The van der Waals surface area contributed by atoms with E-state index in [1.165, 1.54) is 25.4 Å². The van der Waals surface area contributed by atoms with E-state index in [0.717, 1.165) is 25.7 Å². The predicted octanol–water partition coefficient (Wildman–Crippen LogP) is 2.93. The summed E-state index contributed by atoms with van der Waals surface area (Å²) in [4.78, 5) is 39.2. The van der Waals surface area contributed by atoms with Gasteiger partial charge in [0.1, 0.15) is 17.4 Å². The number of nitro groups is 1. The van der Waals surface area contributed by atoms with Crippen molar-refractivity contribution < 1.29 is 9.72 Å². The number of nitro benzene ring substituents is 1. The summed E-state index contributed by atoms with van der Waals surface area (Å²) in [5, 5.41) is 20.4. The minimum absolute atomic E-state index is 0.00181. The lowest BCUT2D eigenvalue weighted by atomic mass is 9.91. The van der Waals surface area contributed by atoms with E-state index in [1.54, 1.807) is 18.3 Å². The van der Waals surface area contributed by atoms with E-state index in [1.807, 2.05) is 0 Å². The summed E-state index contributed by atoms with van der Waals surface area (Å²) in [6.07, 6.45) is 6.60. The number of carbonyl (C=O) groups excluding carboxylic acids is 1. The quantitative estimate of drug-likeness (QED) is 0.403. The van der Waals surface area contributed by atoms with Crippen molar-refractivity contribution in [1.29, 1.82) is 0 Å². The van der Waals surface area contributed by atoms with Gasteiger partial charge < -0.3 is 16.0 Å². The molecule has 1 aliphatic carbocycles. The third kappa shape index (κ3) is 5.00. The molecule has 0 unspecified atom stereocenters. The van der Waals surface area contributed by atoms with Gasteiger partial charge in [-0.25, -0.2) is 19.9 Å². The summed E-state index contributed by atoms with van der Waals surface area (Å²) in [6, 6.07) is 6.60. The van der Waals surface area contributed by atoms with Crippen LogP contribution in [0.25, 0.3) is 11.0 Å². The second kappa shape index (κ2) is 8.86. The average molecular weight is 422 g/mol. The van der Waals surface area contributed by atoms with Gasteiger partial charge in [0.25, 0.3) is 5.69 Å². The first-order valence-electron chi connectivity index (χ1n) is 10.0. The van der Waals surface area contributed by atoms with Crippen LogP contribution in [0.4, 0.5) is 23.1 Å². The number of fused-ring (bicyclic) bond motifs is 1. The Morgan fingerprint density at radius 2 is 1.90 bits per heavy atom. The van der Waals surface area contributed by atoms with Crippen molar-refractivity contribution in [3.63, 3.8) is 0 Å². The minimum atomic E-state index is -0.450. The number of hydrogen-bond acceptors (Lipinski definition) is 9. The lowest BCUT2D eigenvalue weighted by molar-refractivity contribution is -0.384. The molecular weight excluding hydrogens is 400 g/mol. The van der Waals surface area contributed by atoms with Crippen LogP contribution in [-0.4, -0.2) is 42.9 Å². The number of anilines is 3. The first-order chi connectivity index (χ1) is 15.0. The maximum atomic E-state index is 11.2. The Labute approximate surface area is 177 Å². The van der Waals surface area contributed by atoms with Gasteiger partial charge in [-0.2, -0.15) is 0 Å². The van der Waals surface area contributed by atoms with Gasteiger partial charge in [-0.3, -0.25) is 14.9 Å². The van der Waals surface area contributed by atoms with E-state index in [9.17, 15) is 14.9 Å². The Kier molecular flexibility index (Phi) is 5.83. The van der Waals surface area contributed by atoms with Crippen LogP contribution in [-0.2, 0) is 4.79 Å². The Morgan fingerprint density at radius 3 is 2.65 bits per heavy atom. The van der Waals surface area contributed by atoms with E-state index >= 15 is 0 Å². The van der Waals surface area contributed by atoms with E-state index in [2.05, 4.69) is 35.9 Å². The van der Waals surface area contributed by atoms with E-state index in [0.29, 0.717) is 28.5 Å². The van der Waals surface area contributed by atoms with Crippen LogP contribution in [0.5, 0.6) is 0 Å². The van der Waals surface area contributed by atoms with Crippen molar-refractivity contribution in [3.05, 3.63) is 46.9 Å². The number of hydrogen-bond donors (Lipinski definition) is 3. The number of carbonyl (C=O) groups is 1. The molecule has 3 aromatic rings. The van der Waals surface area contributed by atoms with Gasteiger partial charge >= 0.3 is 0 Å². The van der Waals surface area contributed by atoms with Crippen LogP contribution in [0.1, 0.15) is 32.6 Å². The molecular formula is C20H22N8O3. The van der Waals surface area contributed by atoms with Crippen LogP contribution in [0.15, 0.2) is 36.8 Å². The zero-order valence-electron chi connectivity index (χ0n) is 16.9. The third-order valence-electron chi connectivity index (χ3n) is 5.16. The molecule has 3 N–H and O–H groups in total. The molecule has 1 aromatic carbocycles. The molecule has 31 heavy (non-hydrogen) atoms. The van der Waals surface area contributed by atoms with Crippen LogP contribution < -0.4 is 16.0 Å². The van der Waals surface area contributed by atoms with Gasteiger partial charge in [-0.05, 0) is 31.7 Å². The third-order valence-corrected chi connectivity index (χ3v) is 5.16. The highest BCUT2D eigenvalue weighted by atomic mass is 16.6. The average Bonchev–Trinajstić information content (AvgIpc) is 2.75. The molecule has 1 saturated carbocycles. The molecule has 11 heteroatoms. The molecule has 0 atom stereocenters. The summed E-state index contributed by atoms with van der Waals surface area (Å²) in [6.45, 7) is 1.54. The second-order valence-corrected chi connectivity index (χ2v) is 7.48. The fourth-order valence-corrected chi connectivity index (χ4v) is 3.70. The van der Waals surface area contributed by atoms with E-state index in [-0.39, 0.29) is 23.7 Å². The maximum absolute atomic E-state index is 11.2. The molecule has 0 bridgehead atoms. The summed E-state index contributed by atoms with van der Waals surface area (Å²) < 4.78 is 0. The molecule has 0 spiro atoms. The fraction of sp³-hybridized carbons (Fsp3) is 0.350. The highest BCUT2D eigenvalue weighted by Gasteiger charge is 2.22. The van der Waals surface area contributed by atoms with Gasteiger partial charge in [-0.1, -0.05) is 6.07 Å². The van der Waals surface area contributed by atoms with Gasteiger partial charge in [0.2, 0.25) is 11.9 Å². The molecule has 2 aromatic heterocycles. The number of rotatable bonds is 6. The Bertz CT molecular complexity index is 1110. The van der Waals surface area contributed by atoms with Crippen molar-refractivity contribution in [2.75, 3.05) is 10.6 Å². The number of amides is 1. The van der Waals surface area contributed by atoms with E-state index in [4.69, 9.17) is 0 Å². The summed E-state index contributed by atoms with van der Waals surface area (Å²) in [5.41, 5.74) is 1.58. The smallest absolute Gasteiger partial charge is 0.271 e. The van der Waals surface area contributed by atoms with Crippen molar-refractivity contribution in [2.24, 2.45) is 0 Å². The zero-order valence-corrected chi connectivity index (χ0v) is 16.9. The van der Waals surface area contributed by atoms with Crippen molar-refractivity contribution in [1.82, 2.24) is 25.3 Å². The molecule has 0 radical (unpaired) electrons. The predicted molar refractivity (Wildman–Crippen MR) is 115 cm³/mol. The first-order valence-corrected chi connectivity index (χ1v) is 10.0. The summed E-state index contributed by atoms with van der Waals surface area (Å²) in [7, 11) is 0. The largest absolute Gasteiger partial charge is 0.354 e. The van der Waals surface area contributed by atoms with Gasteiger partial charge in [0.15, 0.2) is 5.82 Å². The van der Waals surface area contributed by atoms with Crippen LogP contribution >= 0.6 is 0 Å². The van der Waals surface area contributed by atoms with Crippen molar-refractivity contribution in [3.8, 4) is 0 Å².